The first-order chi connectivity index (χ1) is 12.9. The summed E-state index contributed by atoms with van der Waals surface area (Å²) in [6, 6.07) is 10.3. The molecule has 4 rings (SSSR count). The molecule has 1 aromatic heterocycles. The van der Waals surface area contributed by atoms with Crippen LogP contribution >= 0.6 is 0 Å². The maximum absolute atomic E-state index is 12.7. The van der Waals surface area contributed by atoms with Gasteiger partial charge in [0.1, 0.15) is 29.4 Å². The zero-order valence-electron chi connectivity index (χ0n) is 14.9. The molecule has 0 spiro atoms. The number of halogens is 3. The second kappa shape index (κ2) is 6.83. The lowest BCUT2D eigenvalue weighted by Crippen LogP contribution is -2.17. The molecular weight excluding hydrogens is 357 g/mol. The number of rotatable bonds is 5. The molecule has 3 aromatic rings. The molecule has 6 heteroatoms. The van der Waals surface area contributed by atoms with E-state index in [2.05, 4.69) is 10.8 Å². The highest BCUT2D eigenvalue weighted by atomic mass is 19.4. The van der Waals surface area contributed by atoms with E-state index in [1.807, 2.05) is 19.1 Å². The van der Waals surface area contributed by atoms with Gasteiger partial charge in [0, 0.05) is 17.4 Å². The second-order valence-corrected chi connectivity index (χ2v) is 6.65. The first-order valence-corrected chi connectivity index (χ1v) is 8.97. The lowest BCUT2D eigenvalue weighted by atomic mass is 10.1. The van der Waals surface area contributed by atoms with Gasteiger partial charge in [-0.05, 0) is 54.7 Å². The van der Waals surface area contributed by atoms with E-state index in [9.17, 15) is 13.2 Å². The van der Waals surface area contributed by atoms with Crippen LogP contribution in [0.2, 0.25) is 0 Å². The average molecular weight is 376 g/mol. The molecule has 0 bridgehead atoms. The van der Waals surface area contributed by atoms with Gasteiger partial charge in [-0.3, -0.25) is 0 Å². The molecule has 0 saturated carbocycles. The van der Waals surface area contributed by atoms with Gasteiger partial charge in [0.05, 0.1) is 0 Å². The molecule has 1 aliphatic rings. The van der Waals surface area contributed by atoms with Crippen molar-refractivity contribution in [2.75, 3.05) is 0 Å². The zero-order chi connectivity index (χ0) is 19.0. The number of ether oxygens (including phenoxy) is 2. The SMILES string of the molecule is CCc1cc2cc(OC(F)(F)F)cc(COc3cccc4c3CCC4)c2o1. The molecule has 142 valence electrons. The smallest absolute Gasteiger partial charge is 0.488 e. The highest BCUT2D eigenvalue weighted by molar-refractivity contribution is 5.83. The minimum Gasteiger partial charge on any atom is -0.488 e. The summed E-state index contributed by atoms with van der Waals surface area (Å²) in [6.45, 7) is 2.03. The van der Waals surface area contributed by atoms with Gasteiger partial charge in [-0.25, -0.2) is 0 Å². The van der Waals surface area contributed by atoms with Crippen molar-refractivity contribution in [2.24, 2.45) is 0 Å². The monoisotopic (exact) mass is 376 g/mol. The van der Waals surface area contributed by atoms with E-state index in [0.29, 0.717) is 28.7 Å². The van der Waals surface area contributed by atoms with Crippen molar-refractivity contribution in [3.05, 3.63) is 58.8 Å². The van der Waals surface area contributed by atoms with E-state index in [-0.39, 0.29) is 12.4 Å². The molecule has 1 heterocycles. The van der Waals surface area contributed by atoms with Crippen LogP contribution in [0.1, 0.15) is 35.8 Å². The topological polar surface area (TPSA) is 31.6 Å². The highest BCUT2D eigenvalue weighted by Gasteiger charge is 2.31. The third-order valence-electron chi connectivity index (χ3n) is 4.79. The minimum atomic E-state index is -4.75. The third kappa shape index (κ3) is 3.75. The van der Waals surface area contributed by atoms with Crippen LogP contribution in [0, 0.1) is 0 Å². The van der Waals surface area contributed by atoms with Crippen LogP contribution in [0.15, 0.2) is 40.8 Å². The standard InChI is InChI=1S/C21H19F3O3/c1-2-16-9-14-10-17(27-21(22,23)24)11-15(20(14)26-16)12-25-19-8-4-6-13-5-3-7-18(13)19/h4,6,8-11H,2-3,5,7,12H2,1H3. The van der Waals surface area contributed by atoms with E-state index in [1.54, 1.807) is 6.07 Å². The summed E-state index contributed by atoms with van der Waals surface area (Å²) in [6.07, 6.45) is -1.02. The molecule has 0 amide bonds. The van der Waals surface area contributed by atoms with Gasteiger partial charge in [0.25, 0.3) is 0 Å². The van der Waals surface area contributed by atoms with Crippen LogP contribution in [0.3, 0.4) is 0 Å². The molecule has 1 aliphatic carbocycles. The van der Waals surface area contributed by atoms with Crippen molar-refractivity contribution in [3.63, 3.8) is 0 Å². The summed E-state index contributed by atoms with van der Waals surface area (Å²) in [5.41, 5.74) is 3.53. The Morgan fingerprint density at radius 3 is 2.74 bits per heavy atom. The first kappa shape index (κ1) is 17.8. The lowest BCUT2D eigenvalue weighted by Gasteiger charge is -2.13. The van der Waals surface area contributed by atoms with Crippen molar-refractivity contribution in [1.82, 2.24) is 0 Å². The number of alkyl halides is 3. The average Bonchev–Trinajstić information content (AvgIpc) is 3.24. The van der Waals surface area contributed by atoms with Crippen LogP contribution in [0.25, 0.3) is 11.0 Å². The summed E-state index contributed by atoms with van der Waals surface area (Å²) in [7, 11) is 0. The van der Waals surface area contributed by atoms with Gasteiger partial charge in [-0.2, -0.15) is 0 Å². The number of aryl methyl sites for hydroxylation is 2. The fraction of sp³-hybridized carbons (Fsp3) is 0.333. The van der Waals surface area contributed by atoms with Gasteiger partial charge in [-0.15, -0.1) is 13.2 Å². The molecule has 3 nitrogen and oxygen atoms in total. The van der Waals surface area contributed by atoms with Gasteiger partial charge in [-0.1, -0.05) is 19.1 Å². The van der Waals surface area contributed by atoms with Crippen LogP contribution < -0.4 is 9.47 Å². The molecular formula is C21H19F3O3. The lowest BCUT2D eigenvalue weighted by molar-refractivity contribution is -0.274. The van der Waals surface area contributed by atoms with Crippen LogP contribution in [-0.2, 0) is 25.9 Å². The number of benzene rings is 2. The third-order valence-corrected chi connectivity index (χ3v) is 4.79. The Balaban J connectivity index is 1.67. The van der Waals surface area contributed by atoms with Crippen molar-refractivity contribution in [1.29, 1.82) is 0 Å². The van der Waals surface area contributed by atoms with Crippen molar-refractivity contribution in [2.45, 2.75) is 45.6 Å². The predicted octanol–water partition coefficient (Wildman–Crippen LogP) is 5.96. The maximum Gasteiger partial charge on any atom is 0.573 e. The Morgan fingerprint density at radius 2 is 1.96 bits per heavy atom. The summed E-state index contributed by atoms with van der Waals surface area (Å²) in [5.74, 6) is 1.22. The molecule has 0 atom stereocenters. The van der Waals surface area contributed by atoms with Crippen molar-refractivity contribution in [3.8, 4) is 11.5 Å². The second-order valence-electron chi connectivity index (χ2n) is 6.65. The molecule has 0 unspecified atom stereocenters. The van der Waals surface area contributed by atoms with Gasteiger partial charge in [0.15, 0.2) is 0 Å². The summed E-state index contributed by atoms with van der Waals surface area (Å²) in [4.78, 5) is 0. The molecule has 2 aromatic carbocycles. The largest absolute Gasteiger partial charge is 0.573 e. The number of hydrogen-bond donors (Lipinski definition) is 0. The maximum atomic E-state index is 12.7. The van der Waals surface area contributed by atoms with Crippen LogP contribution in [0.5, 0.6) is 11.5 Å². The fourth-order valence-electron chi connectivity index (χ4n) is 3.60. The quantitative estimate of drug-likeness (QED) is 0.550. The Morgan fingerprint density at radius 1 is 1.11 bits per heavy atom. The normalized spacial score (nSPS) is 13.8. The molecule has 0 radical (unpaired) electrons. The van der Waals surface area contributed by atoms with Crippen molar-refractivity contribution < 1.29 is 27.1 Å². The van der Waals surface area contributed by atoms with E-state index >= 15 is 0 Å². The predicted molar refractivity (Wildman–Crippen MR) is 95.1 cm³/mol. The Labute approximate surface area is 154 Å². The Hall–Kier alpha value is -2.63. The summed E-state index contributed by atoms with van der Waals surface area (Å²) < 4.78 is 53.9. The van der Waals surface area contributed by atoms with Crippen LogP contribution in [0.4, 0.5) is 13.2 Å². The number of fused-ring (bicyclic) bond motifs is 2. The van der Waals surface area contributed by atoms with Crippen LogP contribution in [-0.4, -0.2) is 6.36 Å². The molecule has 27 heavy (non-hydrogen) atoms. The molecule has 0 N–H and O–H groups in total. The first-order valence-electron chi connectivity index (χ1n) is 8.97. The van der Waals surface area contributed by atoms with E-state index in [1.165, 1.54) is 23.3 Å². The van der Waals surface area contributed by atoms with E-state index < -0.39 is 6.36 Å². The Bertz CT molecular complexity index is 973. The van der Waals surface area contributed by atoms with Crippen molar-refractivity contribution >= 4 is 11.0 Å². The van der Waals surface area contributed by atoms with E-state index in [4.69, 9.17) is 9.15 Å². The minimum absolute atomic E-state index is 0.110. The van der Waals surface area contributed by atoms with Gasteiger partial charge >= 0.3 is 6.36 Å². The zero-order valence-corrected chi connectivity index (χ0v) is 14.9. The van der Waals surface area contributed by atoms with Gasteiger partial charge < -0.3 is 13.9 Å². The van der Waals surface area contributed by atoms with E-state index in [0.717, 1.165) is 25.0 Å². The number of furan rings is 1. The molecule has 0 saturated heterocycles. The summed E-state index contributed by atoms with van der Waals surface area (Å²) in [5, 5.41) is 0.575. The van der Waals surface area contributed by atoms with Gasteiger partial charge in [0.2, 0.25) is 0 Å². The molecule has 0 aliphatic heterocycles. The molecule has 0 fully saturated rings. The highest BCUT2D eigenvalue weighted by Crippen LogP contribution is 2.34. The fourth-order valence-corrected chi connectivity index (χ4v) is 3.60. The Kier molecular flexibility index (Phi) is 4.50. The number of hydrogen-bond acceptors (Lipinski definition) is 3. The summed E-state index contributed by atoms with van der Waals surface area (Å²) >= 11 is 0.